The molecular formula is C12H12. The van der Waals surface area contributed by atoms with Gasteiger partial charge in [0, 0.05) is 0 Å². The smallest absolute Gasteiger partial charge is 0.000535 e. The minimum atomic E-state index is 0.852. The van der Waals surface area contributed by atoms with Crippen LogP contribution < -0.4 is 0 Å². The average Bonchev–Trinajstić information content (AvgIpc) is 2.83. The zero-order valence-corrected chi connectivity index (χ0v) is 7.03. The number of hydrogen-bond donors (Lipinski definition) is 0. The molecule has 12 heavy (non-hydrogen) atoms. The third-order valence-corrected chi connectivity index (χ3v) is 4.10. The second kappa shape index (κ2) is 1.61. The SMILES string of the molecule is C1=C[C@H]2C[C@@H]1C1=C2[C@@H]2C=C[C@H]1C2. The first-order valence-electron chi connectivity index (χ1n) is 5.04. The molecule has 0 N–H and O–H groups in total. The summed E-state index contributed by atoms with van der Waals surface area (Å²) in [6.45, 7) is 0. The van der Waals surface area contributed by atoms with Crippen molar-refractivity contribution < 1.29 is 0 Å². The molecule has 0 aromatic carbocycles. The van der Waals surface area contributed by atoms with Crippen LogP contribution in [0.15, 0.2) is 35.5 Å². The maximum absolute atomic E-state index is 2.44. The Morgan fingerprint density at radius 1 is 0.667 bits per heavy atom. The van der Waals surface area contributed by atoms with Gasteiger partial charge in [0.2, 0.25) is 0 Å². The van der Waals surface area contributed by atoms with Gasteiger partial charge in [-0.25, -0.2) is 0 Å². The molecule has 0 heterocycles. The molecule has 4 aliphatic carbocycles. The van der Waals surface area contributed by atoms with Gasteiger partial charge in [-0.3, -0.25) is 0 Å². The number of fused-ring (bicyclic) bond motifs is 8. The van der Waals surface area contributed by atoms with Crippen molar-refractivity contribution in [3.8, 4) is 0 Å². The Labute approximate surface area is 72.7 Å². The highest BCUT2D eigenvalue weighted by Crippen LogP contribution is 2.58. The molecule has 0 radical (unpaired) electrons. The molecule has 4 aliphatic rings. The first-order chi connectivity index (χ1) is 5.93. The zero-order valence-electron chi connectivity index (χ0n) is 7.03. The van der Waals surface area contributed by atoms with E-state index in [1.165, 1.54) is 12.8 Å². The van der Waals surface area contributed by atoms with Crippen LogP contribution in [0.1, 0.15) is 12.8 Å². The van der Waals surface area contributed by atoms with Gasteiger partial charge >= 0.3 is 0 Å². The summed E-state index contributed by atoms with van der Waals surface area (Å²) in [5.41, 5.74) is 3.66. The van der Waals surface area contributed by atoms with Gasteiger partial charge in [0.05, 0.1) is 0 Å². The van der Waals surface area contributed by atoms with Gasteiger partial charge in [-0.15, -0.1) is 0 Å². The highest BCUT2D eigenvalue weighted by molar-refractivity contribution is 5.49. The summed E-state index contributed by atoms with van der Waals surface area (Å²) in [5, 5.41) is 0. The third kappa shape index (κ3) is 0.450. The Kier molecular flexibility index (Phi) is 0.778. The van der Waals surface area contributed by atoms with E-state index in [2.05, 4.69) is 24.3 Å². The predicted octanol–water partition coefficient (Wildman–Crippen LogP) is 2.69. The molecule has 0 amide bonds. The fourth-order valence-electron chi connectivity index (χ4n) is 3.73. The molecule has 0 heteroatoms. The second-order valence-electron chi connectivity index (χ2n) is 4.58. The van der Waals surface area contributed by atoms with Gasteiger partial charge in [0.1, 0.15) is 0 Å². The molecule has 0 spiro atoms. The molecule has 0 aromatic rings. The molecular weight excluding hydrogens is 144 g/mol. The topological polar surface area (TPSA) is 0 Å². The normalized spacial score (nSPS) is 51.3. The third-order valence-electron chi connectivity index (χ3n) is 4.10. The van der Waals surface area contributed by atoms with E-state index in [-0.39, 0.29) is 0 Å². The van der Waals surface area contributed by atoms with Gasteiger partial charge < -0.3 is 0 Å². The van der Waals surface area contributed by atoms with Crippen LogP contribution in [0.3, 0.4) is 0 Å². The average molecular weight is 156 g/mol. The Morgan fingerprint density at radius 2 is 1.00 bits per heavy atom. The van der Waals surface area contributed by atoms with Gasteiger partial charge in [-0.05, 0) is 36.5 Å². The fraction of sp³-hybridized carbons (Fsp3) is 0.500. The second-order valence-corrected chi connectivity index (χ2v) is 4.58. The van der Waals surface area contributed by atoms with Crippen LogP contribution in [-0.2, 0) is 0 Å². The maximum Gasteiger partial charge on any atom is -0.000535 e. The van der Waals surface area contributed by atoms with Crippen molar-refractivity contribution in [3.63, 3.8) is 0 Å². The summed E-state index contributed by atoms with van der Waals surface area (Å²) in [7, 11) is 0. The van der Waals surface area contributed by atoms with Crippen LogP contribution in [0.2, 0.25) is 0 Å². The van der Waals surface area contributed by atoms with E-state index >= 15 is 0 Å². The van der Waals surface area contributed by atoms with E-state index in [9.17, 15) is 0 Å². The largest absolute Gasteiger partial charge is 0.0807 e. The maximum atomic E-state index is 2.44. The van der Waals surface area contributed by atoms with Crippen LogP contribution >= 0.6 is 0 Å². The van der Waals surface area contributed by atoms with E-state index in [1.54, 1.807) is 0 Å². The molecule has 0 aliphatic heterocycles. The van der Waals surface area contributed by atoms with Crippen molar-refractivity contribution in [2.45, 2.75) is 12.8 Å². The van der Waals surface area contributed by atoms with E-state index in [0.717, 1.165) is 23.7 Å². The first kappa shape index (κ1) is 5.80. The molecule has 0 nitrogen and oxygen atoms in total. The fourth-order valence-corrected chi connectivity index (χ4v) is 3.73. The minimum absolute atomic E-state index is 0.852. The van der Waals surface area contributed by atoms with E-state index < -0.39 is 0 Å². The minimum Gasteiger partial charge on any atom is -0.0807 e. The van der Waals surface area contributed by atoms with Crippen molar-refractivity contribution in [1.82, 2.24) is 0 Å². The summed E-state index contributed by atoms with van der Waals surface area (Å²) in [6.07, 6.45) is 12.6. The molecule has 0 saturated heterocycles. The van der Waals surface area contributed by atoms with Crippen LogP contribution in [-0.4, -0.2) is 0 Å². The molecule has 4 atom stereocenters. The van der Waals surface area contributed by atoms with Gasteiger partial charge in [0.25, 0.3) is 0 Å². The van der Waals surface area contributed by atoms with Crippen molar-refractivity contribution >= 4 is 0 Å². The molecule has 0 fully saturated rings. The zero-order chi connectivity index (χ0) is 7.71. The Morgan fingerprint density at radius 3 is 1.33 bits per heavy atom. The predicted molar refractivity (Wildman–Crippen MR) is 48.5 cm³/mol. The van der Waals surface area contributed by atoms with Crippen LogP contribution in [0, 0.1) is 23.7 Å². The summed E-state index contributed by atoms with van der Waals surface area (Å²) < 4.78 is 0. The summed E-state index contributed by atoms with van der Waals surface area (Å²) in [4.78, 5) is 0. The van der Waals surface area contributed by atoms with Gasteiger partial charge in [0.15, 0.2) is 0 Å². The van der Waals surface area contributed by atoms with Crippen molar-refractivity contribution in [2.24, 2.45) is 23.7 Å². The molecule has 0 saturated carbocycles. The molecule has 4 bridgehead atoms. The molecule has 0 aromatic heterocycles. The lowest BCUT2D eigenvalue weighted by Gasteiger charge is -2.16. The molecule has 4 rings (SSSR count). The van der Waals surface area contributed by atoms with Crippen molar-refractivity contribution in [2.75, 3.05) is 0 Å². The summed E-state index contributed by atoms with van der Waals surface area (Å²) in [5.74, 6) is 3.41. The van der Waals surface area contributed by atoms with Crippen LogP contribution in [0.4, 0.5) is 0 Å². The Bertz CT molecular complexity index is 281. The summed E-state index contributed by atoms with van der Waals surface area (Å²) >= 11 is 0. The van der Waals surface area contributed by atoms with E-state index in [1.807, 2.05) is 11.1 Å². The highest BCUT2D eigenvalue weighted by Gasteiger charge is 2.46. The highest BCUT2D eigenvalue weighted by atomic mass is 14.5. The Hall–Kier alpha value is -0.780. The van der Waals surface area contributed by atoms with Crippen molar-refractivity contribution in [1.29, 1.82) is 0 Å². The molecule has 0 unspecified atom stereocenters. The number of rotatable bonds is 0. The van der Waals surface area contributed by atoms with Crippen LogP contribution in [0.5, 0.6) is 0 Å². The van der Waals surface area contributed by atoms with E-state index in [4.69, 9.17) is 0 Å². The Balaban J connectivity index is 1.93. The number of allylic oxidation sites excluding steroid dienone is 6. The summed E-state index contributed by atoms with van der Waals surface area (Å²) in [6, 6.07) is 0. The molecule has 60 valence electrons. The lowest BCUT2D eigenvalue weighted by atomic mass is 9.89. The van der Waals surface area contributed by atoms with E-state index in [0.29, 0.717) is 0 Å². The lowest BCUT2D eigenvalue weighted by molar-refractivity contribution is 0.575. The quantitative estimate of drug-likeness (QED) is 0.373. The first-order valence-corrected chi connectivity index (χ1v) is 5.04. The number of hydrogen-bond acceptors (Lipinski definition) is 0. The lowest BCUT2D eigenvalue weighted by Crippen LogP contribution is -2.03. The van der Waals surface area contributed by atoms with Gasteiger partial charge in [-0.1, -0.05) is 35.5 Å². The standard InChI is InChI=1S/C12H12/c1-2-8-5-7(1)11-9-3-4-10(6-9)12(8)11/h1-4,7-10H,5-6H2/t7-,8+,9+,10-. The monoisotopic (exact) mass is 156 g/mol. The van der Waals surface area contributed by atoms with Crippen molar-refractivity contribution in [3.05, 3.63) is 35.5 Å². The van der Waals surface area contributed by atoms with Gasteiger partial charge in [-0.2, -0.15) is 0 Å². The van der Waals surface area contributed by atoms with Crippen LogP contribution in [0.25, 0.3) is 0 Å².